The number of unbranched alkanes of at least 4 members (excludes halogenated alkanes) is 6. The standard InChI is InChI=1S/C16H23BrN2/c1-2-3-4-5-6-7-8-9-16-18-14-11-10-13(17)12-15(14)19-16/h10-12H,2-9H2,1H3,(H,18,19). The highest BCUT2D eigenvalue weighted by Crippen LogP contribution is 2.18. The van der Waals surface area contributed by atoms with Crippen molar-refractivity contribution in [3.63, 3.8) is 0 Å². The zero-order valence-electron chi connectivity index (χ0n) is 11.7. The van der Waals surface area contributed by atoms with Gasteiger partial charge in [-0.3, -0.25) is 0 Å². The summed E-state index contributed by atoms with van der Waals surface area (Å²) in [7, 11) is 0. The average molecular weight is 323 g/mol. The number of aryl methyl sites for hydroxylation is 1. The van der Waals surface area contributed by atoms with Crippen LogP contribution in [0.3, 0.4) is 0 Å². The Morgan fingerprint density at radius 2 is 1.79 bits per heavy atom. The first-order valence-corrected chi connectivity index (χ1v) is 8.23. The molecule has 0 saturated heterocycles. The number of nitrogens with zero attached hydrogens (tertiary/aromatic N) is 1. The number of rotatable bonds is 8. The fourth-order valence-corrected chi connectivity index (χ4v) is 2.76. The molecule has 1 N–H and O–H groups in total. The highest BCUT2D eigenvalue weighted by Gasteiger charge is 2.02. The highest BCUT2D eigenvalue weighted by atomic mass is 79.9. The van der Waals surface area contributed by atoms with Gasteiger partial charge < -0.3 is 4.98 Å². The van der Waals surface area contributed by atoms with Crippen LogP contribution in [0.2, 0.25) is 0 Å². The van der Waals surface area contributed by atoms with Gasteiger partial charge >= 0.3 is 0 Å². The van der Waals surface area contributed by atoms with Gasteiger partial charge in [0.05, 0.1) is 11.0 Å². The first-order valence-electron chi connectivity index (χ1n) is 7.43. The van der Waals surface area contributed by atoms with Crippen molar-refractivity contribution in [3.05, 3.63) is 28.5 Å². The van der Waals surface area contributed by atoms with Crippen molar-refractivity contribution in [1.29, 1.82) is 0 Å². The van der Waals surface area contributed by atoms with Crippen molar-refractivity contribution in [2.24, 2.45) is 0 Å². The quantitative estimate of drug-likeness (QED) is 0.628. The van der Waals surface area contributed by atoms with Gasteiger partial charge in [-0.2, -0.15) is 0 Å². The van der Waals surface area contributed by atoms with Crippen molar-refractivity contribution < 1.29 is 0 Å². The van der Waals surface area contributed by atoms with E-state index in [0.717, 1.165) is 27.8 Å². The molecule has 2 aromatic rings. The Bertz CT molecular complexity index is 504. The lowest BCUT2D eigenvalue weighted by Crippen LogP contribution is -1.88. The van der Waals surface area contributed by atoms with Crippen LogP contribution < -0.4 is 0 Å². The lowest BCUT2D eigenvalue weighted by molar-refractivity contribution is 0.585. The summed E-state index contributed by atoms with van der Waals surface area (Å²) in [5.74, 6) is 1.13. The summed E-state index contributed by atoms with van der Waals surface area (Å²) in [6.45, 7) is 2.26. The molecule has 1 aromatic heterocycles. The predicted octanol–water partition coefficient (Wildman–Crippen LogP) is 5.62. The molecule has 0 radical (unpaired) electrons. The molecule has 19 heavy (non-hydrogen) atoms. The van der Waals surface area contributed by atoms with Crippen LogP contribution >= 0.6 is 15.9 Å². The summed E-state index contributed by atoms with van der Waals surface area (Å²) in [4.78, 5) is 8.03. The number of halogens is 1. The molecule has 0 saturated carbocycles. The Hall–Kier alpha value is -0.830. The van der Waals surface area contributed by atoms with Crippen LogP contribution in [0.1, 0.15) is 57.7 Å². The van der Waals surface area contributed by atoms with Crippen molar-refractivity contribution in [2.45, 2.75) is 58.3 Å². The summed E-state index contributed by atoms with van der Waals surface area (Å²) >= 11 is 3.49. The Morgan fingerprint density at radius 3 is 2.58 bits per heavy atom. The molecule has 0 unspecified atom stereocenters. The third kappa shape index (κ3) is 4.64. The molecule has 0 aliphatic rings. The summed E-state index contributed by atoms with van der Waals surface area (Å²) in [5, 5.41) is 0. The molecule has 2 rings (SSSR count). The van der Waals surface area contributed by atoms with Crippen molar-refractivity contribution in [2.75, 3.05) is 0 Å². The monoisotopic (exact) mass is 322 g/mol. The number of nitrogens with one attached hydrogen (secondary N) is 1. The van der Waals surface area contributed by atoms with E-state index in [4.69, 9.17) is 0 Å². The predicted molar refractivity (Wildman–Crippen MR) is 85.5 cm³/mol. The molecule has 0 atom stereocenters. The van der Waals surface area contributed by atoms with Gasteiger partial charge in [-0.15, -0.1) is 0 Å². The zero-order chi connectivity index (χ0) is 13.5. The zero-order valence-corrected chi connectivity index (χ0v) is 13.3. The minimum Gasteiger partial charge on any atom is -0.342 e. The maximum absolute atomic E-state index is 4.62. The molecule has 1 heterocycles. The van der Waals surface area contributed by atoms with E-state index in [0.29, 0.717) is 0 Å². The number of imidazole rings is 1. The second-order valence-electron chi connectivity index (χ2n) is 5.22. The largest absolute Gasteiger partial charge is 0.342 e. The molecule has 104 valence electrons. The minimum atomic E-state index is 1.07. The van der Waals surface area contributed by atoms with Crippen LogP contribution in [0.5, 0.6) is 0 Å². The molecule has 0 fully saturated rings. The van der Waals surface area contributed by atoms with Gasteiger partial charge in [-0.25, -0.2) is 4.98 Å². The molecule has 0 aliphatic heterocycles. The van der Waals surface area contributed by atoms with E-state index < -0.39 is 0 Å². The van der Waals surface area contributed by atoms with E-state index in [-0.39, 0.29) is 0 Å². The van der Waals surface area contributed by atoms with E-state index in [2.05, 4.69) is 45.0 Å². The molecule has 0 bridgehead atoms. The molecular weight excluding hydrogens is 300 g/mol. The smallest absolute Gasteiger partial charge is 0.107 e. The first-order chi connectivity index (χ1) is 9.29. The number of aromatic amines is 1. The van der Waals surface area contributed by atoms with Crippen LogP contribution in [-0.2, 0) is 6.42 Å². The summed E-state index contributed by atoms with van der Waals surface area (Å²) in [6.07, 6.45) is 10.5. The van der Waals surface area contributed by atoms with Gasteiger partial charge in [-0.05, 0) is 24.6 Å². The van der Waals surface area contributed by atoms with Gasteiger partial charge in [0.15, 0.2) is 0 Å². The lowest BCUT2D eigenvalue weighted by Gasteiger charge is -1.99. The van der Waals surface area contributed by atoms with Gasteiger partial charge in [0.1, 0.15) is 5.82 Å². The molecule has 1 aromatic carbocycles. The topological polar surface area (TPSA) is 28.7 Å². The van der Waals surface area contributed by atoms with Crippen LogP contribution in [-0.4, -0.2) is 9.97 Å². The number of aromatic nitrogens is 2. The molecular formula is C16H23BrN2. The normalized spacial score (nSPS) is 11.3. The third-order valence-electron chi connectivity index (χ3n) is 3.51. The van der Waals surface area contributed by atoms with Crippen LogP contribution in [0.15, 0.2) is 22.7 Å². The highest BCUT2D eigenvalue weighted by molar-refractivity contribution is 9.10. The maximum atomic E-state index is 4.62. The number of fused-ring (bicyclic) bond motifs is 1. The third-order valence-corrected chi connectivity index (χ3v) is 4.00. The molecule has 0 spiro atoms. The average Bonchev–Trinajstić information content (AvgIpc) is 2.79. The molecule has 2 nitrogen and oxygen atoms in total. The Kier molecular flexibility index (Phi) is 5.90. The fourth-order valence-electron chi connectivity index (χ4n) is 2.40. The molecule has 0 amide bonds. The Balaban J connectivity index is 1.72. The summed E-state index contributed by atoms with van der Waals surface area (Å²) < 4.78 is 1.10. The number of H-pyrrole nitrogens is 1. The van der Waals surface area contributed by atoms with Crippen LogP contribution in [0.4, 0.5) is 0 Å². The van der Waals surface area contributed by atoms with E-state index in [1.165, 1.54) is 44.9 Å². The van der Waals surface area contributed by atoms with Crippen molar-refractivity contribution >= 4 is 27.0 Å². The van der Waals surface area contributed by atoms with Gasteiger partial charge in [0.2, 0.25) is 0 Å². The number of hydrogen-bond acceptors (Lipinski definition) is 1. The number of hydrogen-bond donors (Lipinski definition) is 1. The Morgan fingerprint density at radius 1 is 1.05 bits per heavy atom. The second-order valence-corrected chi connectivity index (χ2v) is 6.13. The SMILES string of the molecule is CCCCCCCCCc1nc2ccc(Br)cc2[nH]1. The number of benzene rings is 1. The fraction of sp³-hybridized carbons (Fsp3) is 0.562. The van der Waals surface area contributed by atoms with Crippen molar-refractivity contribution in [3.8, 4) is 0 Å². The molecule has 3 heteroatoms. The Labute approximate surface area is 124 Å². The van der Waals surface area contributed by atoms with Gasteiger partial charge in [-0.1, -0.05) is 61.4 Å². The minimum absolute atomic E-state index is 1.07. The summed E-state index contributed by atoms with van der Waals surface area (Å²) in [5.41, 5.74) is 2.20. The van der Waals surface area contributed by atoms with E-state index >= 15 is 0 Å². The van der Waals surface area contributed by atoms with E-state index in [1.54, 1.807) is 0 Å². The van der Waals surface area contributed by atoms with Gasteiger partial charge in [0.25, 0.3) is 0 Å². The maximum Gasteiger partial charge on any atom is 0.107 e. The van der Waals surface area contributed by atoms with E-state index in [9.17, 15) is 0 Å². The van der Waals surface area contributed by atoms with Crippen LogP contribution in [0.25, 0.3) is 11.0 Å². The lowest BCUT2D eigenvalue weighted by atomic mass is 10.1. The first kappa shape index (κ1) is 14.6. The van der Waals surface area contributed by atoms with E-state index in [1.807, 2.05) is 6.07 Å². The summed E-state index contributed by atoms with van der Waals surface area (Å²) in [6, 6.07) is 6.20. The van der Waals surface area contributed by atoms with Gasteiger partial charge in [0, 0.05) is 10.9 Å². The van der Waals surface area contributed by atoms with Crippen molar-refractivity contribution in [1.82, 2.24) is 9.97 Å². The van der Waals surface area contributed by atoms with Crippen LogP contribution in [0, 0.1) is 0 Å². The second kappa shape index (κ2) is 7.68. The molecule has 0 aliphatic carbocycles.